The number of fused-ring (bicyclic) bond motifs is 1. The molecule has 0 spiro atoms. The van der Waals surface area contributed by atoms with Crippen LogP contribution in [-0.4, -0.2) is 6.54 Å². The number of hydrogen-bond acceptors (Lipinski definition) is 2. The topological polar surface area (TPSA) is 25.2 Å². The summed E-state index contributed by atoms with van der Waals surface area (Å²) in [6.45, 7) is 7.23. The summed E-state index contributed by atoms with van der Waals surface area (Å²) in [6.07, 6.45) is 0. The first-order valence-corrected chi connectivity index (χ1v) is 7.47. The standard InChI is InChI=1S/C19H21NO/c1-4-20-19(15-8-5-13(2)6-9-15)18-12-16-11-14(3)7-10-17(16)21-18/h5-12,19-20H,4H2,1-3H3. The molecule has 0 saturated carbocycles. The lowest BCUT2D eigenvalue weighted by Crippen LogP contribution is -2.21. The fourth-order valence-electron chi connectivity index (χ4n) is 2.67. The van der Waals surface area contributed by atoms with Crippen molar-refractivity contribution in [3.8, 4) is 0 Å². The maximum absolute atomic E-state index is 6.06. The first kappa shape index (κ1) is 13.9. The maximum Gasteiger partial charge on any atom is 0.134 e. The third kappa shape index (κ3) is 2.86. The Morgan fingerprint density at radius 2 is 1.67 bits per heavy atom. The molecule has 1 unspecified atom stereocenters. The van der Waals surface area contributed by atoms with Crippen molar-refractivity contribution >= 4 is 11.0 Å². The molecule has 0 aliphatic heterocycles. The van der Waals surface area contributed by atoms with Crippen molar-refractivity contribution in [3.63, 3.8) is 0 Å². The number of nitrogens with one attached hydrogen (secondary N) is 1. The molecule has 0 bridgehead atoms. The van der Waals surface area contributed by atoms with Gasteiger partial charge in [0.2, 0.25) is 0 Å². The van der Waals surface area contributed by atoms with E-state index in [-0.39, 0.29) is 6.04 Å². The monoisotopic (exact) mass is 279 g/mol. The normalized spacial score (nSPS) is 12.7. The molecule has 0 fully saturated rings. The van der Waals surface area contributed by atoms with Gasteiger partial charge in [0, 0.05) is 5.39 Å². The number of rotatable bonds is 4. The Morgan fingerprint density at radius 1 is 0.952 bits per heavy atom. The molecule has 2 nitrogen and oxygen atoms in total. The highest BCUT2D eigenvalue weighted by Crippen LogP contribution is 2.29. The summed E-state index contributed by atoms with van der Waals surface area (Å²) in [6, 6.07) is 17.2. The highest BCUT2D eigenvalue weighted by Gasteiger charge is 2.17. The predicted octanol–water partition coefficient (Wildman–Crippen LogP) is 4.75. The molecule has 1 aromatic heterocycles. The summed E-state index contributed by atoms with van der Waals surface area (Å²) in [7, 11) is 0. The summed E-state index contributed by atoms with van der Waals surface area (Å²) in [5.74, 6) is 0.973. The van der Waals surface area contributed by atoms with Gasteiger partial charge in [0.1, 0.15) is 11.3 Å². The van der Waals surface area contributed by atoms with Crippen LogP contribution in [0.2, 0.25) is 0 Å². The number of aryl methyl sites for hydroxylation is 2. The summed E-state index contributed by atoms with van der Waals surface area (Å²) >= 11 is 0. The third-order valence-electron chi connectivity index (χ3n) is 3.79. The van der Waals surface area contributed by atoms with Crippen LogP contribution in [-0.2, 0) is 0 Å². The molecule has 0 radical (unpaired) electrons. The minimum atomic E-state index is 0.100. The molecule has 108 valence electrons. The molecule has 0 amide bonds. The Labute approximate surface area is 125 Å². The van der Waals surface area contributed by atoms with Gasteiger partial charge in [-0.3, -0.25) is 0 Å². The van der Waals surface area contributed by atoms with E-state index >= 15 is 0 Å². The van der Waals surface area contributed by atoms with E-state index < -0.39 is 0 Å². The van der Waals surface area contributed by atoms with Gasteiger partial charge in [0.05, 0.1) is 6.04 Å². The Bertz CT molecular complexity index is 740. The summed E-state index contributed by atoms with van der Waals surface area (Å²) in [5, 5.41) is 4.68. The average molecular weight is 279 g/mol. The van der Waals surface area contributed by atoms with Crippen LogP contribution in [0.1, 0.15) is 35.4 Å². The van der Waals surface area contributed by atoms with Gasteiger partial charge in [-0.2, -0.15) is 0 Å². The van der Waals surface area contributed by atoms with Gasteiger partial charge in [-0.15, -0.1) is 0 Å². The summed E-state index contributed by atoms with van der Waals surface area (Å²) in [5.41, 5.74) is 4.71. The second-order valence-electron chi connectivity index (χ2n) is 5.59. The van der Waals surface area contributed by atoms with Crippen LogP contribution < -0.4 is 5.32 Å². The van der Waals surface area contributed by atoms with Gasteiger partial charge in [-0.05, 0) is 44.2 Å². The molecule has 1 heterocycles. The van der Waals surface area contributed by atoms with Crippen LogP contribution in [0.15, 0.2) is 52.9 Å². The fourth-order valence-corrected chi connectivity index (χ4v) is 2.67. The third-order valence-corrected chi connectivity index (χ3v) is 3.79. The van der Waals surface area contributed by atoms with Crippen LogP contribution in [0.5, 0.6) is 0 Å². The van der Waals surface area contributed by atoms with E-state index in [1.54, 1.807) is 0 Å². The molecule has 3 aromatic rings. The van der Waals surface area contributed by atoms with Gasteiger partial charge in [-0.1, -0.05) is 48.4 Å². The van der Waals surface area contributed by atoms with E-state index in [1.165, 1.54) is 22.1 Å². The van der Waals surface area contributed by atoms with E-state index in [0.29, 0.717) is 0 Å². The minimum Gasteiger partial charge on any atom is -0.459 e. The fraction of sp³-hybridized carbons (Fsp3) is 0.263. The average Bonchev–Trinajstić information content (AvgIpc) is 2.88. The molecule has 0 aliphatic carbocycles. The Kier molecular flexibility index (Phi) is 3.80. The van der Waals surface area contributed by atoms with Gasteiger partial charge < -0.3 is 9.73 Å². The highest BCUT2D eigenvalue weighted by atomic mass is 16.3. The zero-order valence-corrected chi connectivity index (χ0v) is 12.8. The van der Waals surface area contributed by atoms with Crippen LogP contribution in [0.3, 0.4) is 0 Å². The molecule has 2 heteroatoms. The van der Waals surface area contributed by atoms with Crippen LogP contribution in [0.4, 0.5) is 0 Å². The molecule has 2 aromatic carbocycles. The first-order chi connectivity index (χ1) is 10.2. The lowest BCUT2D eigenvalue weighted by atomic mass is 10.0. The Hall–Kier alpha value is -2.06. The summed E-state index contributed by atoms with van der Waals surface area (Å²) in [4.78, 5) is 0. The Morgan fingerprint density at radius 3 is 2.38 bits per heavy atom. The van der Waals surface area contributed by atoms with E-state index in [4.69, 9.17) is 4.42 Å². The van der Waals surface area contributed by atoms with Crippen molar-refractivity contribution in [2.45, 2.75) is 26.8 Å². The second-order valence-corrected chi connectivity index (χ2v) is 5.59. The molecule has 21 heavy (non-hydrogen) atoms. The van der Waals surface area contributed by atoms with Crippen molar-refractivity contribution < 1.29 is 4.42 Å². The van der Waals surface area contributed by atoms with Gasteiger partial charge >= 0.3 is 0 Å². The quantitative estimate of drug-likeness (QED) is 0.745. The first-order valence-electron chi connectivity index (χ1n) is 7.47. The largest absolute Gasteiger partial charge is 0.459 e. The summed E-state index contributed by atoms with van der Waals surface area (Å²) < 4.78 is 6.06. The van der Waals surface area contributed by atoms with Crippen molar-refractivity contribution in [2.24, 2.45) is 0 Å². The SMILES string of the molecule is CCNC(c1ccc(C)cc1)c1cc2cc(C)ccc2o1. The zero-order valence-electron chi connectivity index (χ0n) is 12.8. The van der Waals surface area contributed by atoms with E-state index in [9.17, 15) is 0 Å². The van der Waals surface area contributed by atoms with E-state index in [0.717, 1.165) is 17.9 Å². The number of benzene rings is 2. The molecule has 1 N–H and O–H groups in total. The lowest BCUT2D eigenvalue weighted by Gasteiger charge is -2.16. The predicted molar refractivity (Wildman–Crippen MR) is 87.6 cm³/mol. The maximum atomic E-state index is 6.06. The lowest BCUT2D eigenvalue weighted by molar-refractivity contribution is 0.477. The number of furan rings is 1. The molecule has 0 saturated heterocycles. The van der Waals surface area contributed by atoms with Crippen LogP contribution >= 0.6 is 0 Å². The van der Waals surface area contributed by atoms with Gasteiger partial charge in [-0.25, -0.2) is 0 Å². The van der Waals surface area contributed by atoms with Crippen molar-refractivity contribution in [1.29, 1.82) is 0 Å². The van der Waals surface area contributed by atoms with Crippen molar-refractivity contribution in [3.05, 3.63) is 71.0 Å². The molecular formula is C19H21NO. The van der Waals surface area contributed by atoms with Gasteiger partial charge in [0.15, 0.2) is 0 Å². The zero-order chi connectivity index (χ0) is 14.8. The van der Waals surface area contributed by atoms with Gasteiger partial charge in [0.25, 0.3) is 0 Å². The van der Waals surface area contributed by atoms with E-state index in [1.807, 2.05) is 6.07 Å². The number of hydrogen-bond donors (Lipinski definition) is 1. The highest BCUT2D eigenvalue weighted by molar-refractivity contribution is 5.79. The molecular weight excluding hydrogens is 258 g/mol. The van der Waals surface area contributed by atoms with Crippen molar-refractivity contribution in [2.75, 3.05) is 6.54 Å². The molecule has 0 aliphatic rings. The minimum absolute atomic E-state index is 0.100. The van der Waals surface area contributed by atoms with E-state index in [2.05, 4.69) is 68.6 Å². The second kappa shape index (κ2) is 5.74. The molecule has 3 rings (SSSR count). The van der Waals surface area contributed by atoms with Crippen LogP contribution in [0.25, 0.3) is 11.0 Å². The van der Waals surface area contributed by atoms with Crippen molar-refractivity contribution in [1.82, 2.24) is 5.32 Å². The van der Waals surface area contributed by atoms with Crippen LogP contribution in [0, 0.1) is 13.8 Å². The Balaban J connectivity index is 2.04. The molecule has 1 atom stereocenters. The smallest absolute Gasteiger partial charge is 0.134 e.